The summed E-state index contributed by atoms with van der Waals surface area (Å²) in [6.45, 7) is 2.87. The summed E-state index contributed by atoms with van der Waals surface area (Å²) < 4.78 is 4.67. The van der Waals surface area contributed by atoms with Crippen LogP contribution in [0.1, 0.15) is 36.5 Å². The molecule has 5 nitrogen and oxygen atoms in total. The second-order valence-electron chi connectivity index (χ2n) is 4.99. The van der Waals surface area contributed by atoms with E-state index in [-0.39, 0.29) is 18.3 Å². The van der Waals surface area contributed by atoms with Gasteiger partial charge >= 0.3 is 5.97 Å². The van der Waals surface area contributed by atoms with Crippen molar-refractivity contribution in [3.8, 4) is 0 Å². The van der Waals surface area contributed by atoms with Gasteiger partial charge in [-0.2, -0.15) is 0 Å². The zero-order valence-corrected chi connectivity index (χ0v) is 13.1. The average molecular weight is 313 g/mol. The Kier molecular flexibility index (Phi) is 6.18. The van der Waals surface area contributed by atoms with Gasteiger partial charge in [-0.15, -0.1) is 12.4 Å². The Balaban J connectivity index is 0.00000220. The van der Waals surface area contributed by atoms with Crippen molar-refractivity contribution >= 4 is 30.0 Å². The summed E-state index contributed by atoms with van der Waals surface area (Å²) in [5.41, 5.74) is 0.552. The number of rotatable bonds is 4. The molecule has 0 bridgehead atoms. The Morgan fingerprint density at radius 2 is 2.19 bits per heavy atom. The average Bonchev–Trinajstić information content (AvgIpc) is 2.97. The molecule has 1 unspecified atom stereocenters. The highest BCUT2D eigenvalue weighted by Crippen LogP contribution is 2.25. The van der Waals surface area contributed by atoms with Crippen molar-refractivity contribution in [3.05, 3.63) is 29.8 Å². The lowest BCUT2D eigenvalue weighted by Gasteiger charge is -2.26. The number of carbonyl (C=O) groups is 2. The first-order valence-electron chi connectivity index (χ1n) is 6.86. The molecule has 2 rings (SSSR count). The van der Waals surface area contributed by atoms with Gasteiger partial charge in [0.25, 0.3) is 0 Å². The summed E-state index contributed by atoms with van der Waals surface area (Å²) in [5, 5.41) is 6.17. The predicted molar refractivity (Wildman–Crippen MR) is 83.9 cm³/mol. The van der Waals surface area contributed by atoms with Crippen LogP contribution in [0.25, 0.3) is 0 Å². The van der Waals surface area contributed by atoms with E-state index < -0.39 is 11.5 Å². The SMILES string of the molecule is CCC1(C(=O)Nc2cccc(C(=O)OC)c2)CCCN1.Cl. The molecule has 1 heterocycles. The summed E-state index contributed by atoms with van der Waals surface area (Å²) in [6.07, 6.45) is 2.59. The van der Waals surface area contributed by atoms with Crippen molar-refractivity contribution in [2.24, 2.45) is 0 Å². The van der Waals surface area contributed by atoms with E-state index in [2.05, 4.69) is 15.4 Å². The molecule has 6 heteroatoms. The number of nitrogens with one attached hydrogen (secondary N) is 2. The lowest BCUT2D eigenvalue weighted by atomic mass is 9.93. The van der Waals surface area contributed by atoms with Crippen molar-refractivity contribution in [1.29, 1.82) is 0 Å². The lowest BCUT2D eigenvalue weighted by Crippen LogP contribution is -2.50. The van der Waals surface area contributed by atoms with E-state index in [1.165, 1.54) is 7.11 Å². The fourth-order valence-electron chi connectivity index (χ4n) is 2.55. The van der Waals surface area contributed by atoms with Gasteiger partial charge in [0.1, 0.15) is 0 Å². The second kappa shape index (κ2) is 7.43. The van der Waals surface area contributed by atoms with Gasteiger partial charge in [0.2, 0.25) is 5.91 Å². The fourth-order valence-corrected chi connectivity index (χ4v) is 2.55. The summed E-state index contributed by atoms with van der Waals surface area (Å²) in [6, 6.07) is 6.78. The second-order valence-corrected chi connectivity index (χ2v) is 4.99. The highest BCUT2D eigenvalue weighted by Gasteiger charge is 2.39. The smallest absolute Gasteiger partial charge is 0.337 e. The van der Waals surface area contributed by atoms with Gasteiger partial charge in [-0.3, -0.25) is 4.79 Å². The zero-order chi connectivity index (χ0) is 14.6. The molecule has 21 heavy (non-hydrogen) atoms. The molecule has 0 saturated carbocycles. The van der Waals surface area contributed by atoms with E-state index >= 15 is 0 Å². The van der Waals surface area contributed by atoms with Crippen LogP contribution in [0.3, 0.4) is 0 Å². The number of ether oxygens (including phenoxy) is 1. The number of anilines is 1. The van der Waals surface area contributed by atoms with Crippen molar-refractivity contribution in [1.82, 2.24) is 5.32 Å². The monoisotopic (exact) mass is 312 g/mol. The van der Waals surface area contributed by atoms with E-state index in [1.807, 2.05) is 6.92 Å². The molecular weight excluding hydrogens is 292 g/mol. The standard InChI is InChI=1S/C15H20N2O3.ClH/c1-3-15(8-5-9-16-15)14(19)17-12-7-4-6-11(10-12)13(18)20-2;/h4,6-7,10,16H,3,5,8-9H2,1-2H3,(H,17,19);1H. The minimum absolute atomic E-state index is 0. The number of carbonyl (C=O) groups excluding carboxylic acids is 2. The molecule has 1 aliphatic rings. The zero-order valence-electron chi connectivity index (χ0n) is 12.3. The van der Waals surface area contributed by atoms with E-state index in [9.17, 15) is 9.59 Å². The van der Waals surface area contributed by atoms with Gasteiger partial charge < -0.3 is 15.4 Å². The van der Waals surface area contributed by atoms with Gasteiger partial charge in [-0.25, -0.2) is 4.79 Å². The topological polar surface area (TPSA) is 67.4 Å². The molecule has 0 spiro atoms. The third-order valence-electron chi connectivity index (χ3n) is 3.82. The first-order valence-corrected chi connectivity index (χ1v) is 6.86. The Labute approximate surface area is 130 Å². The Morgan fingerprint density at radius 1 is 1.43 bits per heavy atom. The van der Waals surface area contributed by atoms with E-state index in [4.69, 9.17) is 0 Å². The van der Waals surface area contributed by atoms with Gasteiger partial charge in [-0.1, -0.05) is 13.0 Å². The molecule has 1 saturated heterocycles. The quantitative estimate of drug-likeness (QED) is 0.838. The van der Waals surface area contributed by atoms with Crippen molar-refractivity contribution in [3.63, 3.8) is 0 Å². The molecular formula is C15H21ClN2O3. The normalized spacial score (nSPS) is 20.5. The molecule has 1 atom stereocenters. The maximum atomic E-state index is 12.4. The number of methoxy groups -OCH3 is 1. The number of amides is 1. The molecule has 1 aromatic carbocycles. The number of halogens is 1. The summed E-state index contributed by atoms with van der Waals surface area (Å²) >= 11 is 0. The van der Waals surface area contributed by atoms with Crippen LogP contribution in [0.15, 0.2) is 24.3 Å². The van der Waals surface area contributed by atoms with Crippen LogP contribution in [0.2, 0.25) is 0 Å². The molecule has 1 aromatic rings. The van der Waals surface area contributed by atoms with Crippen LogP contribution in [-0.4, -0.2) is 31.1 Å². The van der Waals surface area contributed by atoms with Crippen molar-refractivity contribution in [2.75, 3.05) is 19.0 Å². The number of esters is 1. The van der Waals surface area contributed by atoms with E-state index in [1.54, 1.807) is 24.3 Å². The van der Waals surface area contributed by atoms with Gasteiger partial charge in [0.05, 0.1) is 18.2 Å². The lowest BCUT2D eigenvalue weighted by molar-refractivity contribution is -0.122. The molecule has 0 radical (unpaired) electrons. The van der Waals surface area contributed by atoms with E-state index in [0.29, 0.717) is 11.3 Å². The highest BCUT2D eigenvalue weighted by atomic mass is 35.5. The van der Waals surface area contributed by atoms with Crippen molar-refractivity contribution in [2.45, 2.75) is 31.7 Å². The van der Waals surface area contributed by atoms with Crippen LogP contribution in [0.5, 0.6) is 0 Å². The molecule has 1 aliphatic heterocycles. The van der Waals surface area contributed by atoms with Gasteiger partial charge in [-0.05, 0) is 44.0 Å². The first-order chi connectivity index (χ1) is 9.61. The third kappa shape index (κ3) is 3.74. The van der Waals surface area contributed by atoms with Crippen LogP contribution >= 0.6 is 12.4 Å². The van der Waals surface area contributed by atoms with Gasteiger partial charge in [0.15, 0.2) is 0 Å². The summed E-state index contributed by atoms with van der Waals surface area (Å²) in [7, 11) is 1.34. The van der Waals surface area contributed by atoms with E-state index in [0.717, 1.165) is 25.8 Å². The Hall–Kier alpha value is -1.59. The summed E-state index contributed by atoms with van der Waals surface area (Å²) in [5.74, 6) is -0.454. The maximum Gasteiger partial charge on any atom is 0.337 e. The minimum atomic E-state index is -0.485. The number of hydrogen-bond acceptors (Lipinski definition) is 4. The van der Waals surface area contributed by atoms with Gasteiger partial charge in [0, 0.05) is 5.69 Å². The maximum absolute atomic E-state index is 12.4. The number of benzene rings is 1. The molecule has 0 aliphatic carbocycles. The summed E-state index contributed by atoms with van der Waals surface area (Å²) in [4.78, 5) is 23.9. The van der Waals surface area contributed by atoms with Crippen molar-refractivity contribution < 1.29 is 14.3 Å². The molecule has 116 valence electrons. The minimum Gasteiger partial charge on any atom is -0.465 e. The molecule has 1 amide bonds. The van der Waals surface area contributed by atoms with Crippen LogP contribution in [0, 0.1) is 0 Å². The number of hydrogen-bond donors (Lipinski definition) is 2. The Bertz CT molecular complexity index is 513. The third-order valence-corrected chi connectivity index (χ3v) is 3.82. The fraction of sp³-hybridized carbons (Fsp3) is 0.467. The first kappa shape index (κ1) is 17.5. The molecule has 1 fully saturated rings. The molecule has 2 N–H and O–H groups in total. The van der Waals surface area contributed by atoms with Crippen LogP contribution < -0.4 is 10.6 Å². The predicted octanol–water partition coefficient (Wildman–Crippen LogP) is 2.37. The molecule has 0 aromatic heterocycles. The van der Waals surface area contributed by atoms with Crippen LogP contribution in [0.4, 0.5) is 5.69 Å². The van der Waals surface area contributed by atoms with Crippen LogP contribution in [-0.2, 0) is 9.53 Å². The largest absolute Gasteiger partial charge is 0.465 e. The highest BCUT2D eigenvalue weighted by molar-refractivity contribution is 5.99. The Morgan fingerprint density at radius 3 is 2.76 bits per heavy atom.